The van der Waals surface area contributed by atoms with Crippen molar-refractivity contribution < 1.29 is 4.74 Å². The summed E-state index contributed by atoms with van der Waals surface area (Å²) in [7, 11) is 0. The lowest BCUT2D eigenvalue weighted by atomic mass is 9.72. The molecule has 1 aromatic carbocycles. The number of rotatable bonds is 4. The molecule has 0 amide bonds. The zero-order valence-electron chi connectivity index (χ0n) is 14.2. The zero-order chi connectivity index (χ0) is 16.3. The molecule has 1 fully saturated rings. The molecule has 4 heteroatoms. The highest BCUT2D eigenvalue weighted by molar-refractivity contribution is 5.42. The Morgan fingerprint density at radius 1 is 1.13 bits per heavy atom. The quantitative estimate of drug-likeness (QED) is 0.938. The number of aryl methyl sites for hydroxylation is 3. The molecule has 1 aliphatic heterocycles. The molecule has 0 radical (unpaired) electrons. The van der Waals surface area contributed by atoms with Gasteiger partial charge in [-0.25, -0.2) is 4.98 Å². The van der Waals surface area contributed by atoms with Crippen molar-refractivity contribution in [2.75, 3.05) is 25.1 Å². The molecule has 2 aromatic rings. The van der Waals surface area contributed by atoms with E-state index in [2.05, 4.69) is 46.5 Å². The molecule has 1 N–H and O–H groups in total. The molecule has 0 bridgehead atoms. The van der Waals surface area contributed by atoms with Crippen molar-refractivity contribution >= 4 is 5.82 Å². The van der Waals surface area contributed by atoms with E-state index < -0.39 is 0 Å². The molecule has 0 spiro atoms. The number of benzene rings is 1. The van der Waals surface area contributed by atoms with E-state index in [-0.39, 0.29) is 5.41 Å². The number of hydrogen-bond donors (Lipinski definition) is 1. The lowest BCUT2D eigenvalue weighted by molar-refractivity contribution is 0.0541. The van der Waals surface area contributed by atoms with Gasteiger partial charge in [0.2, 0.25) is 0 Å². The monoisotopic (exact) mass is 311 g/mol. The molecule has 0 saturated carbocycles. The molecule has 1 saturated heterocycles. The summed E-state index contributed by atoms with van der Waals surface area (Å²) in [6.07, 6.45) is 3.87. The van der Waals surface area contributed by atoms with E-state index in [1.165, 1.54) is 11.1 Å². The van der Waals surface area contributed by atoms with Gasteiger partial charge < -0.3 is 10.1 Å². The minimum absolute atomic E-state index is 0.0987. The van der Waals surface area contributed by atoms with Crippen LogP contribution in [0.25, 0.3) is 0 Å². The fraction of sp³-hybridized carbons (Fsp3) is 0.474. The van der Waals surface area contributed by atoms with Crippen LogP contribution in [0.1, 0.15) is 35.4 Å². The Balaban J connectivity index is 1.88. The summed E-state index contributed by atoms with van der Waals surface area (Å²) in [6.45, 7) is 8.66. The maximum Gasteiger partial charge on any atom is 0.147 e. The van der Waals surface area contributed by atoms with Crippen molar-refractivity contribution in [1.29, 1.82) is 0 Å². The van der Waals surface area contributed by atoms with Crippen LogP contribution in [0.5, 0.6) is 0 Å². The maximum absolute atomic E-state index is 5.63. The Labute approximate surface area is 138 Å². The minimum atomic E-state index is 0.0987. The number of hydrogen-bond acceptors (Lipinski definition) is 4. The van der Waals surface area contributed by atoms with Gasteiger partial charge in [0.15, 0.2) is 0 Å². The first-order chi connectivity index (χ1) is 11.1. The second-order valence-electron chi connectivity index (χ2n) is 6.51. The lowest BCUT2D eigenvalue weighted by Crippen LogP contribution is -2.40. The zero-order valence-corrected chi connectivity index (χ0v) is 14.2. The van der Waals surface area contributed by atoms with Crippen molar-refractivity contribution in [3.05, 3.63) is 53.0 Å². The van der Waals surface area contributed by atoms with Crippen LogP contribution in [0.2, 0.25) is 0 Å². The van der Waals surface area contributed by atoms with Gasteiger partial charge in [-0.3, -0.25) is 4.98 Å². The Morgan fingerprint density at radius 2 is 1.87 bits per heavy atom. The van der Waals surface area contributed by atoms with Crippen LogP contribution < -0.4 is 5.32 Å². The summed E-state index contributed by atoms with van der Waals surface area (Å²) in [5.41, 5.74) is 4.76. The molecule has 4 nitrogen and oxygen atoms in total. The van der Waals surface area contributed by atoms with Gasteiger partial charge in [-0.2, -0.15) is 0 Å². The van der Waals surface area contributed by atoms with E-state index in [9.17, 15) is 0 Å². The van der Waals surface area contributed by atoms with Crippen LogP contribution in [-0.2, 0) is 10.2 Å². The van der Waals surface area contributed by atoms with Gasteiger partial charge in [0, 0.05) is 31.4 Å². The smallest absolute Gasteiger partial charge is 0.147 e. The van der Waals surface area contributed by atoms with Gasteiger partial charge in [-0.15, -0.1) is 0 Å². The third-order valence-electron chi connectivity index (χ3n) is 4.84. The topological polar surface area (TPSA) is 47.0 Å². The normalized spacial score (nSPS) is 17.0. The van der Waals surface area contributed by atoms with Gasteiger partial charge >= 0.3 is 0 Å². The molecule has 0 aliphatic carbocycles. The molecule has 1 aliphatic rings. The van der Waals surface area contributed by atoms with Gasteiger partial charge in [-0.05, 0) is 44.7 Å². The highest BCUT2D eigenvalue weighted by atomic mass is 16.5. The number of nitrogens with one attached hydrogen (secondary N) is 1. The van der Waals surface area contributed by atoms with Crippen LogP contribution in [0.3, 0.4) is 0 Å². The van der Waals surface area contributed by atoms with Crippen molar-refractivity contribution in [2.24, 2.45) is 0 Å². The number of nitrogens with zero attached hydrogens (tertiary/aromatic N) is 2. The van der Waals surface area contributed by atoms with Crippen LogP contribution >= 0.6 is 0 Å². The van der Waals surface area contributed by atoms with E-state index in [0.717, 1.165) is 49.8 Å². The van der Waals surface area contributed by atoms with Crippen LogP contribution in [0, 0.1) is 20.8 Å². The first-order valence-corrected chi connectivity index (χ1v) is 8.29. The largest absolute Gasteiger partial charge is 0.381 e. The van der Waals surface area contributed by atoms with Crippen molar-refractivity contribution in [3.8, 4) is 0 Å². The molecular formula is C19H25N3O. The predicted molar refractivity (Wildman–Crippen MR) is 92.9 cm³/mol. The Bertz CT molecular complexity index is 678. The van der Waals surface area contributed by atoms with Gasteiger partial charge in [0.25, 0.3) is 0 Å². The molecule has 0 atom stereocenters. The van der Waals surface area contributed by atoms with Crippen LogP contribution in [-0.4, -0.2) is 29.7 Å². The van der Waals surface area contributed by atoms with Gasteiger partial charge in [-0.1, -0.05) is 24.3 Å². The Kier molecular flexibility index (Phi) is 4.62. The molecule has 23 heavy (non-hydrogen) atoms. The Morgan fingerprint density at radius 3 is 2.61 bits per heavy atom. The van der Waals surface area contributed by atoms with E-state index in [1.807, 2.05) is 20.0 Å². The van der Waals surface area contributed by atoms with Crippen molar-refractivity contribution in [2.45, 2.75) is 39.0 Å². The average molecular weight is 311 g/mol. The first kappa shape index (κ1) is 15.9. The number of ether oxygens (including phenoxy) is 1. The lowest BCUT2D eigenvalue weighted by Gasteiger charge is -2.39. The molecular weight excluding hydrogens is 286 g/mol. The number of aromatic nitrogens is 2. The summed E-state index contributed by atoms with van der Waals surface area (Å²) in [4.78, 5) is 9.01. The fourth-order valence-electron chi connectivity index (χ4n) is 3.43. The second kappa shape index (κ2) is 6.67. The van der Waals surface area contributed by atoms with E-state index in [0.29, 0.717) is 0 Å². The van der Waals surface area contributed by atoms with Crippen LogP contribution in [0.4, 0.5) is 5.82 Å². The van der Waals surface area contributed by atoms with Crippen molar-refractivity contribution in [1.82, 2.24) is 9.97 Å². The molecule has 122 valence electrons. The standard InChI is InChI=1S/C19H25N3O/c1-14-6-4-5-7-17(14)19(8-10-23-11-9-19)13-21-18-16(3)20-12-15(2)22-18/h4-7,12H,8-11,13H2,1-3H3,(H,21,22). The van der Waals surface area contributed by atoms with Gasteiger partial charge in [0.1, 0.15) is 5.82 Å². The summed E-state index contributed by atoms with van der Waals surface area (Å²) in [5, 5.41) is 3.56. The predicted octanol–water partition coefficient (Wildman–Crippen LogP) is 3.56. The van der Waals surface area contributed by atoms with Crippen molar-refractivity contribution in [3.63, 3.8) is 0 Å². The summed E-state index contributed by atoms with van der Waals surface area (Å²) >= 11 is 0. The minimum Gasteiger partial charge on any atom is -0.381 e. The number of anilines is 1. The second-order valence-corrected chi connectivity index (χ2v) is 6.51. The van der Waals surface area contributed by atoms with Gasteiger partial charge in [0.05, 0.1) is 11.4 Å². The third-order valence-corrected chi connectivity index (χ3v) is 4.84. The molecule has 1 aromatic heterocycles. The maximum atomic E-state index is 5.63. The average Bonchev–Trinajstić information content (AvgIpc) is 2.57. The Hall–Kier alpha value is -1.94. The fourth-order valence-corrected chi connectivity index (χ4v) is 3.43. The first-order valence-electron chi connectivity index (χ1n) is 8.29. The van der Waals surface area contributed by atoms with E-state index in [4.69, 9.17) is 4.74 Å². The third kappa shape index (κ3) is 3.37. The van der Waals surface area contributed by atoms with Crippen LogP contribution in [0.15, 0.2) is 30.5 Å². The summed E-state index contributed by atoms with van der Waals surface area (Å²) in [5.74, 6) is 0.893. The molecule has 0 unspecified atom stereocenters. The SMILES string of the molecule is Cc1cnc(C)c(NCC2(c3ccccc3C)CCOCC2)n1. The van der Waals surface area contributed by atoms with E-state index in [1.54, 1.807) is 0 Å². The van der Waals surface area contributed by atoms with E-state index >= 15 is 0 Å². The summed E-state index contributed by atoms with van der Waals surface area (Å²) < 4.78 is 5.63. The highest BCUT2D eigenvalue weighted by Gasteiger charge is 2.35. The highest BCUT2D eigenvalue weighted by Crippen LogP contribution is 2.36. The summed E-state index contributed by atoms with van der Waals surface area (Å²) in [6, 6.07) is 8.70. The molecule has 3 rings (SSSR count). The molecule has 2 heterocycles.